The Balaban J connectivity index is 1.60. The fourth-order valence-electron chi connectivity index (χ4n) is 3.39. The average Bonchev–Trinajstić information content (AvgIpc) is 3.39. The molecule has 0 aromatic carbocycles. The van der Waals surface area contributed by atoms with Gasteiger partial charge in [0, 0.05) is 25.6 Å². The van der Waals surface area contributed by atoms with Gasteiger partial charge in [-0.05, 0) is 48.2 Å². The van der Waals surface area contributed by atoms with Crippen molar-refractivity contribution < 1.29 is 14.3 Å². The molecule has 1 N–H and O–H groups in total. The molecule has 2 fully saturated rings. The molecule has 1 aromatic heterocycles. The lowest BCUT2D eigenvalue weighted by Crippen LogP contribution is -2.47. The number of amides is 2. The minimum absolute atomic E-state index is 0.0264. The van der Waals surface area contributed by atoms with Crippen LogP contribution >= 0.6 is 15.9 Å². The Morgan fingerprint density at radius 3 is 2.79 bits per heavy atom. The lowest BCUT2D eigenvalue weighted by molar-refractivity contribution is -0.133. The number of aryl methyl sites for hydroxylation is 1. The molecule has 7 nitrogen and oxygen atoms in total. The predicted octanol–water partition coefficient (Wildman–Crippen LogP) is 1.56. The fourth-order valence-corrected chi connectivity index (χ4v) is 3.95. The largest absolute Gasteiger partial charge is 0.477 e. The molecular weight excluding hydrogens is 376 g/mol. The van der Waals surface area contributed by atoms with Crippen LogP contribution in [0.5, 0.6) is 5.88 Å². The summed E-state index contributed by atoms with van der Waals surface area (Å²) in [5, 5.41) is 7.65. The number of carbonyl (C=O) groups excluding carboxylic acids is 2. The zero-order valence-electron chi connectivity index (χ0n) is 13.5. The molecule has 1 atom stereocenters. The first-order chi connectivity index (χ1) is 11.7. The molecule has 130 valence electrons. The average molecular weight is 397 g/mol. The molecular formula is C16H21BrN4O3. The molecule has 3 aliphatic rings. The SMILES string of the molecule is O=C(c1nn2c(c1Br)OCCC2)N(C(=O)C1CCCNC1)C1CC1. The Kier molecular flexibility index (Phi) is 4.34. The standard InChI is InChI=1S/C16H21BrN4O3/c17-12-13(19-20-7-2-8-24-16(12)20)15(23)21(11-4-5-11)14(22)10-3-1-6-18-9-10/h10-11,18H,1-9H2. The van der Waals surface area contributed by atoms with Crippen molar-refractivity contribution in [3.8, 4) is 5.88 Å². The van der Waals surface area contributed by atoms with Crippen LogP contribution in [0.2, 0.25) is 0 Å². The van der Waals surface area contributed by atoms with Crippen molar-refractivity contribution in [1.82, 2.24) is 20.0 Å². The first-order valence-electron chi connectivity index (χ1n) is 8.64. The third-order valence-electron chi connectivity index (χ3n) is 4.82. The van der Waals surface area contributed by atoms with E-state index in [1.807, 2.05) is 0 Å². The van der Waals surface area contributed by atoms with Crippen LogP contribution in [0.3, 0.4) is 0 Å². The molecule has 3 heterocycles. The van der Waals surface area contributed by atoms with E-state index in [4.69, 9.17) is 4.74 Å². The zero-order chi connectivity index (χ0) is 16.7. The topological polar surface area (TPSA) is 76.5 Å². The maximum atomic E-state index is 13.1. The van der Waals surface area contributed by atoms with Gasteiger partial charge in [-0.25, -0.2) is 4.68 Å². The highest BCUT2D eigenvalue weighted by atomic mass is 79.9. The quantitative estimate of drug-likeness (QED) is 0.784. The van der Waals surface area contributed by atoms with Crippen molar-refractivity contribution in [2.45, 2.75) is 44.7 Å². The third kappa shape index (κ3) is 2.86. The van der Waals surface area contributed by atoms with Crippen LogP contribution in [0.15, 0.2) is 4.47 Å². The lowest BCUT2D eigenvalue weighted by Gasteiger charge is -2.28. The van der Waals surface area contributed by atoms with Crippen molar-refractivity contribution in [1.29, 1.82) is 0 Å². The van der Waals surface area contributed by atoms with Crippen LogP contribution in [-0.4, -0.2) is 52.2 Å². The molecule has 0 bridgehead atoms. The summed E-state index contributed by atoms with van der Waals surface area (Å²) < 4.78 is 7.87. The van der Waals surface area contributed by atoms with Gasteiger partial charge in [-0.15, -0.1) is 0 Å². The molecule has 1 aliphatic carbocycles. The van der Waals surface area contributed by atoms with Crippen molar-refractivity contribution in [3.63, 3.8) is 0 Å². The number of rotatable bonds is 3. The maximum absolute atomic E-state index is 13.1. The summed E-state index contributed by atoms with van der Waals surface area (Å²) in [6.07, 6.45) is 4.46. The van der Waals surface area contributed by atoms with Gasteiger partial charge < -0.3 is 10.1 Å². The van der Waals surface area contributed by atoms with Crippen molar-refractivity contribution >= 4 is 27.7 Å². The van der Waals surface area contributed by atoms with Crippen LogP contribution in [0.1, 0.15) is 42.6 Å². The van der Waals surface area contributed by atoms with E-state index in [9.17, 15) is 9.59 Å². The monoisotopic (exact) mass is 396 g/mol. The highest BCUT2D eigenvalue weighted by Crippen LogP contribution is 2.35. The van der Waals surface area contributed by atoms with Crippen LogP contribution in [0.4, 0.5) is 0 Å². The molecule has 1 saturated heterocycles. The van der Waals surface area contributed by atoms with Crippen LogP contribution in [-0.2, 0) is 11.3 Å². The van der Waals surface area contributed by atoms with Gasteiger partial charge in [0.1, 0.15) is 4.47 Å². The second-order valence-electron chi connectivity index (χ2n) is 6.68. The molecule has 1 aromatic rings. The van der Waals surface area contributed by atoms with Gasteiger partial charge in [-0.3, -0.25) is 14.5 Å². The molecule has 0 radical (unpaired) electrons. The third-order valence-corrected chi connectivity index (χ3v) is 5.54. The normalized spacial score (nSPS) is 23.3. The number of hydrogen-bond acceptors (Lipinski definition) is 5. The van der Waals surface area contributed by atoms with Gasteiger partial charge in [0.2, 0.25) is 11.8 Å². The Morgan fingerprint density at radius 2 is 2.12 bits per heavy atom. The summed E-state index contributed by atoms with van der Waals surface area (Å²) in [5.41, 5.74) is 0.288. The maximum Gasteiger partial charge on any atom is 0.282 e. The molecule has 8 heteroatoms. The van der Waals surface area contributed by atoms with Gasteiger partial charge in [0.25, 0.3) is 5.91 Å². The smallest absolute Gasteiger partial charge is 0.282 e. The summed E-state index contributed by atoms with van der Waals surface area (Å²) in [5.74, 6) is 0.113. The number of nitrogens with one attached hydrogen (secondary N) is 1. The number of fused-ring (bicyclic) bond motifs is 1. The molecule has 0 spiro atoms. The zero-order valence-corrected chi connectivity index (χ0v) is 15.0. The minimum Gasteiger partial charge on any atom is -0.477 e. The van der Waals surface area contributed by atoms with E-state index in [0.717, 1.165) is 45.2 Å². The van der Waals surface area contributed by atoms with E-state index >= 15 is 0 Å². The Morgan fingerprint density at radius 1 is 1.29 bits per heavy atom. The Bertz CT molecular complexity index is 665. The first kappa shape index (κ1) is 16.1. The first-order valence-corrected chi connectivity index (χ1v) is 9.43. The Hall–Kier alpha value is -1.41. The van der Waals surface area contributed by atoms with E-state index in [1.165, 1.54) is 4.90 Å². The number of nitrogens with zero attached hydrogens (tertiary/aromatic N) is 3. The number of halogens is 1. The van der Waals surface area contributed by atoms with Gasteiger partial charge in [0.05, 0.1) is 12.5 Å². The van der Waals surface area contributed by atoms with Gasteiger partial charge in [-0.2, -0.15) is 5.10 Å². The van der Waals surface area contributed by atoms with Crippen LogP contribution in [0, 0.1) is 5.92 Å². The molecule has 2 amide bonds. The number of ether oxygens (including phenoxy) is 1. The van der Waals surface area contributed by atoms with Crippen LogP contribution < -0.4 is 10.1 Å². The number of carbonyl (C=O) groups is 2. The van der Waals surface area contributed by atoms with E-state index in [2.05, 4.69) is 26.3 Å². The van der Waals surface area contributed by atoms with Crippen LogP contribution in [0.25, 0.3) is 0 Å². The summed E-state index contributed by atoms with van der Waals surface area (Å²) in [7, 11) is 0. The van der Waals surface area contributed by atoms with Crippen molar-refractivity contribution in [2.75, 3.05) is 19.7 Å². The number of aromatic nitrogens is 2. The molecule has 2 aliphatic heterocycles. The van der Waals surface area contributed by atoms with Gasteiger partial charge in [-0.1, -0.05) is 0 Å². The summed E-state index contributed by atoms with van der Waals surface area (Å²) in [6.45, 7) is 2.94. The lowest BCUT2D eigenvalue weighted by atomic mass is 9.98. The summed E-state index contributed by atoms with van der Waals surface area (Å²) in [4.78, 5) is 27.5. The van der Waals surface area contributed by atoms with E-state index < -0.39 is 0 Å². The van der Waals surface area contributed by atoms with Gasteiger partial charge >= 0.3 is 0 Å². The highest BCUT2D eigenvalue weighted by Gasteiger charge is 2.42. The van der Waals surface area contributed by atoms with Gasteiger partial charge in [0.15, 0.2) is 5.69 Å². The van der Waals surface area contributed by atoms with E-state index in [0.29, 0.717) is 23.5 Å². The molecule has 24 heavy (non-hydrogen) atoms. The minimum atomic E-state index is -0.301. The highest BCUT2D eigenvalue weighted by molar-refractivity contribution is 9.10. The number of imide groups is 1. The second kappa shape index (κ2) is 6.48. The Labute approximate surface area is 148 Å². The molecule has 1 unspecified atom stereocenters. The van der Waals surface area contributed by atoms with Crippen molar-refractivity contribution in [3.05, 3.63) is 10.2 Å². The molecule has 4 rings (SSSR count). The molecule has 1 saturated carbocycles. The van der Waals surface area contributed by atoms with Crippen molar-refractivity contribution in [2.24, 2.45) is 5.92 Å². The van der Waals surface area contributed by atoms with E-state index in [-0.39, 0.29) is 29.5 Å². The predicted molar refractivity (Wildman–Crippen MR) is 89.8 cm³/mol. The summed E-state index contributed by atoms with van der Waals surface area (Å²) in [6, 6.07) is 0.0264. The summed E-state index contributed by atoms with van der Waals surface area (Å²) >= 11 is 3.44. The number of piperidine rings is 1. The fraction of sp³-hybridized carbons (Fsp3) is 0.688. The van der Waals surface area contributed by atoms with E-state index in [1.54, 1.807) is 4.68 Å². The second-order valence-corrected chi connectivity index (χ2v) is 7.47. The number of hydrogen-bond donors (Lipinski definition) is 1.